The van der Waals surface area contributed by atoms with Gasteiger partial charge in [0, 0.05) is 15.9 Å². The Morgan fingerprint density at radius 1 is 1.31 bits per heavy atom. The molecule has 0 saturated carbocycles. The number of nitrogens with one attached hydrogen (secondary N) is 1. The lowest BCUT2D eigenvalue weighted by molar-refractivity contribution is 0.147. The number of H-pyrrole nitrogens is 1. The van der Waals surface area contributed by atoms with Crippen LogP contribution in [0.15, 0.2) is 24.3 Å². The van der Waals surface area contributed by atoms with Crippen molar-refractivity contribution in [3.63, 3.8) is 0 Å². The number of aromatic amines is 1. The third kappa shape index (κ3) is 1.40. The fraction of sp³-hybridized carbons (Fsp3) is 0.111. The van der Waals surface area contributed by atoms with Gasteiger partial charge in [0.25, 0.3) is 6.43 Å². The molecule has 0 aliphatic rings. The van der Waals surface area contributed by atoms with Gasteiger partial charge in [-0.3, -0.25) is 0 Å². The van der Waals surface area contributed by atoms with Crippen LogP contribution in [0.2, 0.25) is 5.02 Å². The van der Waals surface area contributed by atoms with Crippen LogP contribution in [-0.2, 0) is 0 Å². The van der Waals surface area contributed by atoms with Crippen molar-refractivity contribution in [1.29, 1.82) is 0 Å². The van der Waals surface area contributed by atoms with E-state index in [-0.39, 0.29) is 5.69 Å². The molecule has 13 heavy (non-hydrogen) atoms. The number of hydrogen-bond donors (Lipinski definition) is 1. The van der Waals surface area contributed by atoms with Gasteiger partial charge in [0.1, 0.15) is 0 Å². The highest BCUT2D eigenvalue weighted by molar-refractivity contribution is 6.35. The Labute approximate surface area is 78.3 Å². The Balaban J connectivity index is 2.68. The Morgan fingerprint density at radius 3 is 2.69 bits per heavy atom. The Hall–Kier alpha value is -1.09. The van der Waals surface area contributed by atoms with Crippen molar-refractivity contribution in [2.24, 2.45) is 0 Å². The van der Waals surface area contributed by atoms with Crippen molar-refractivity contribution >= 4 is 22.5 Å². The van der Waals surface area contributed by atoms with Crippen LogP contribution in [0.1, 0.15) is 12.1 Å². The van der Waals surface area contributed by atoms with E-state index in [1.807, 2.05) is 0 Å². The first-order valence-electron chi connectivity index (χ1n) is 3.74. The quantitative estimate of drug-likeness (QED) is 0.723. The smallest absolute Gasteiger partial charge is 0.278 e. The molecule has 0 saturated heterocycles. The van der Waals surface area contributed by atoms with Crippen LogP contribution in [0.5, 0.6) is 0 Å². The zero-order valence-electron chi connectivity index (χ0n) is 6.52. The monoisotopic (exact) mass is 201 g/mol. The lowest BCUT2D eigenvalue weighted by Gasteiger charge is -1.90. The second kappa shape index (κ2) is 3.00. The summed E-state index contributed by atoms with van der Waals surface area (Å²) in [4.78, 5) is 2.60. The van der Waals surface area contributed by atoms with Crippen LogP contribution in [0, 0.1) is 0 Å². The molecule has 2 aromatic rings. The van der Waals surface area contributed by atoms with Crippen LogP contribution >= 0.6 is 11.6 Å². The fourth-order valence-electron chi connectivity index (χ4n) is 1.26. The first-order valence-corrected chi connectivity index (χ1v) is 4.11. The fourth-order valence-corrected chi connectivity index (χ4v) is 1.49. The first kappa shape index (κ1) is 8.51. The van der Waals surface area contributed by atoms with E-state index in [9.17, 15) is 8.78 Å². The summed E-state index contributed by atoms with van der Waals surface area (Å²) in [6.45, 7) is 0. The lowest BCUT2D eigenvalue weighted by atomic mass is 10.2. The van der Waals surface area contributed by atoms with Crippen LogP contribution in [0.4, 0.5) is 8.78 Å². The highest BCUT2D eigenvalue weighted by Gasteiger charge is 2.11. The van der Waals surface area contributed by atoms with Gasteiger partial charge in [0.15, 0.2) is 0 Å². The Morgan fingerprint density at radius 2 is 2.08 bits per heavy atom. The summed E-state index contributed by atoms with van der Waals surface area (Å²) in [5, 5.41) is 1.13. The zero-order valence-corrected chi connectivity index (χ0v) is 7.28. The Kier molecular flexibility index (Phi) is 1.96. The minimum Gasteiger partial charge on any atom is -0.354 e. The molecule has 0 amide bonds. The van der Waals surface area contributed by atoms with E-state index >= 15 is 0 Å². The number of aromatic nitrogens is 1. The molecule has 4 heteroatoms. The van der Waals surface area contributed by atoms with Crippen LogP contribution < -0.4 is 0 Å². The molecular weight excluding hydrogens is 196 g/mol. The molecule has 0 fully saturated rings. The molecule has 68 valence electrons. The van der Waals surface area contributed by atoms with E-state index in [1.165, 1.54) is 6.07 Å². The maximum atomic E-state index is 12.3. The van der Waals surface area contributed by atoms with Gasteiger partial charge in [-0.1, -0.05) is 17.7 Å². The van der Waals surface area contributed by atoms with E-state index in [4.69, 9.17) is 11.6 Å². The van der Waals surface area contributed by atoms with Crippen molar-refractivity contribution in [3.05, 3.63) is 35.0 Å². The van der Waals surface area contributed by atoms with Crippen LogP contribution in [-0.4, -0.2) is 4.98 Å². The van der Waals surface area contributed by atoms with Gasteiger partial charge in [-0.05, 0) is 18.2 Å². The SMILES string of the molecule is FC(F)c1cc2c(Cl)cccc2[nH]1. The molecule has 0 aliphatic carbocycles. The van der Waals surface area contributed by atoms with Gasteiger partial charge in [-0.25, -0.2) is 8.78 Å². The third-order valence-corrected chi connectivity index (χ3v) is 2.20. The van der Waals surface area contributed by atoms with Crippen LogP contribution in [0.3, 0.4) is 0 Å². The van der Waals surface area contributed by atoms with Gasteiger partial charge >= 0.3 is 0 Å². The van der Waals surface area contributed by atoms with E-state index < -0.39 is 6.43 Å². The van der Waals surface area contributed by atoms with E-state index in [0.29, 0.717) is 15.9 Å². The lowest BCUT2D eigenvalue weighted by Crippen LogP contribution is -1.80. The number of benzene rings is 1. The molecule has 0 unspecified atom stereocenters. The highest BCUT2D eigenvalue weighted by atomic mass is 35.5. The summed E-state index contributed by atoms with van der Waals surface area (Å²) in [6.07, 6.45) is -2.48. The molecule has 1 N–H and O–H groups in total. The molecule has 1 aromatic carbocycles. The molecular formula is C9H6ClF2N. The summed E-state index contributed by atoms with van der Waals surface area (Å²) in [6, 6.07) is 6.48. The second-order valence-electron chi connectivity index (χ2n) is 2.73. The zero-order chi connectivity index (χ0) is 9.42. The summed E-state index contributed by atoms with van der Waals surface area (Å²) in [5.41, 5.74) is 0.547. The third-order valence-electron chi connectivity index (χ3n) is 1.87. The van der Waals surface area contributed by atoms with Gasteiger partial charge in [0.05, 0.1) is 5.69 Å². The predicted octanol–water partition coefficient (Wildman–Crippen LogP) is 3.76. The molecule has 0 aliphatic heterocycles. The van der Waals surface area contributed by atoms with Gasteiger partial charge in [0.2, 0.25) is 0 Å². The molecule has 0 spiro atoms. The number of alkyl halides is 2. The minimum absolute atomic E-state index is 0.0944. The van der Waals surface area contributed by atoms with Crippen molar-refractivity contribution in [1.82, 2.24) is 4.98 Å². The molecule has 1 nitrogen and oxygen atoms in total. The molecule has 2 rings (SSSR count). The summed E-state index contributed by atoms with van der Waals surface area (Å²) >= 11 is 5.81. The number of fused-ring (bicyclic) bond motifs is 1. The van der Waals surface area contributed by atoms with Crippen LogP contribution in [0.25, 0.3) is 10.9 Å². The topological polar surface area (TPSA) is 15.8 Å². The highest BCUT2D eigenvalue weighted by Crippen LogP contribution is 2.27. The summed E-state index contributed by atoms with van der Waals surface area (Å²) < 4.78 is 24.5. The summed E-state index contributed by atoms with van der Waals surface area (Å²) in [5.74, 6) is 0. The van der Waals surface area contributed by atoms with Crippen molar-refractivity contribution in [2.75, 3.05) is 0 Å². The standard InChI is InChI=1S/C9H6ClF2N/c10-6-2-1-3-7-5(6)4-8(13-7)9(11)12/h1-4,9,13H. The van der Waals surface area contributed by atoms with Crippen molar-refractivity contribution in [2.45, 2.75) is 6.43 Å². The summed E-state index contributed by atoms with van der Waals surface area (Å²) in [7, 11) is 0. The first-order chi connectivity index (χ1) is 6.18. The maximum absolute atomic E-state index is 12.3. The van der Waals surface area contributed by atoms with E-state index in [1.54, 1.807) is 18.2 Å². The molecule has 1 heterocycles. The number of hydrogen-bond acceptors (Lipinski definition) is 0. The average molecular weight is 202 g/mol. The second-order valence-corrected chi connectivity index (χ2v) is 3.13. The van der Waals surface area contributed by atoms with E-state index in [0.717, 1.165) is 0 Å². The van der Waals surface area contributed by atoms with Crippen molar-refractivity contribution < 1.29 is 8.78 Å². The minimum atomic E-state index is -2.48. The maximum Gasteiger partial charge on any atom is 0.278 e. The average Bonchev–Trinajstić information content (AvgIpc) is 2.49. The molecule has 0 radical (unpaired) electrons. The molecule has 0 atom stereocenters. The van der Waals surface area contributed by atoms with Gasteiger partial charge in [-0.15, -0.1) is 0 Å². The predicted molar refractivity (Wildman–Crippen MR) is 48.3 cm³/mol. The Bertz CT molecular complexity index is 436. The molecule has 1 aromatic heterocycles. The number of halogens is 3. The van der Waals surface area contributed by atoms with E-state index in [2.05, 4.69) is 4.98 Å². The van der Waals surface area contributed by atoms with Gasteiger partial charge in [-0.2, -0.15) is 0 Å². The normalized spacial score (nSPS) is 11.4. The largest absolute Gasteiger partial charge is 0.354 e. The molecule has 0 bridgehead atoms. The number of rotatable bonds is 1. The van der Waals surface area contributed by atoms with Gasteiger partial charge < -0.3 is 4.98 Å². The van der Waals surface area contributed by atoms with Crippen molar-refractivity contribution in [3.8, 4) is 0 Å².